The van der Waals surface area contributed by atoms with Crippen LogP contribution in [0.4, 0.5) is 5.69 Å². The molecule has 2 aliphatic rings. The number of fused-ring (bicyclic) bond motifs is 1. The molecule has 0 aromatic heterocycles. The van der Waals surface area contributed by atoms with Gasteiger partial charge in [-0.1, -0.05) is 36.4 Å². The van der Waals surface area contributed by atoms with E-state index in [0.717, 1.165) is 0 Å². The van der Waals surface area contributed by atoms with E-state index in [1.54, 1.807) is 24.3 Å². The molecule has 1 amide bonds. The number of rotatable bonds is 5. The lowest BCUT2D eigenvalue weighted by Crippen LogP contribution is -2.47. The van der Waals surface area contributed by atoms with E-state index in [-0.39, 0.29) is 30.5 Å². The van der Waals surface area contributed by atoms with Crippen LogP contribution in [-0.2, 0) is 30.0 Å². The minimum Gasteiger partial charge on any atom is -0.368 e. The largest absolute Gasteiger partial charge is 0.368 e. The van der Waals surface area contributed by atoms with Crippen molar-refractivity contribution in [3.8, 4) is 0 Å². The Morgan fingerprint density at radius 1 is 1.23 bits per heavy atom. The highest BCUT2D eigenvalue weighted by molar-refractivity contribution is 7.88. The molecule has 1 aliphatic carbocycles. The summed E-state index contributed by atoms with van der Waals surface area (Å²) in [6.45, 7) is 0.167. The van der Waals surface area contributed by atoms with E-state index in [1.807, 2.05) is 24.3 Å². The maximum Gasteiger partial charge on any atom is 0.255 e. The molecule has 0 radical (unpaired) electrons. The Morgan fingerprint density at radius 3 is 2.69 bits per heavy atom. The van der Waals surface area contributed by atoms with Crippen molar-refractivity contribution in [2.24, 2.45) is 0 Å². The van der Waals surface area contributed by atoms with Gasteiger partial charge in [-0.25, -0.2) is 12.7 Å². The van der Waals surface area contributed by atoms with Gasteiger partial charge in [0.25, 0.3) is 5.91 Å². The first-order chi connectivity index (χ1) is 12.3. The van der Waals surface area contributed by atoms with Gasteiger partial charge < -0.3 is 14.8 Å². The van der Waals surface area contributed by atoms with E-state index in [4.69, 9.17) is 9.47 Å². The summed E-state index contributed by atoms with van der Waals surface area (Å²) in [5.74, 6) is -0.452. The van der Waals surface area contributed by atoms with Crippen molar-refractivity contribution >= 4 is 21.6 Å². The monoisotopic (exact) mass is 378 g/mol. The number of hydrogen-bond donors (Lipinski definition) is 1. The third-order valence-electron chi connectivity index (χ3n) is 4.19. The molecule has 1 aromatic rings. The number of nitrogens with zero attached hydrogens (tertiary/aromatic N) is 1. The average Bonchev–Trinajstić information content (AvgIpc) is 2.61. The molecule has 3 rings (SSSR count). The van der Waals surface area contributed by atoms with Crippen LogP contribution >= 0.6 is 0 Å². The minimum absolute atomic E-state index is 0.131. The molecule has 8 heteroatoms. The SMILES string of the molecule is CN(C)S(=O)(=O)Cc1cccc(NC(=O)[C@@H]2CO[C@@H]3C=CC=C[C@@H]3O2)c1. The summed E-state index contributed by atoms with van der Waals surface area (Å²) in [4.78, 5) is 12.5. The Hall–Kier alpha value is -2.00. The van der Waals surface area contributed by atoms with Gasteiger partial charge in [-0.2, -0.15) is 0 Å². The number of nitrogens with one attached hydrogen (secondary N) is 1. The number of carbonyl (C=O) groups excluding carboxylic acids is 1. The number of anilines is 1. The number of allylic oxidation sites excluding steroid dienone is 2. The second-order valence-electron chi connectivity index (χ2n) is 6.39. The minimum atomic E-state index is -3.37. The van der Waals surface area contributed by atoms with Gasteiger partial charge in [0.1, 0.15) is 12.2 Å². The predicted octanol–water partition coefficient (Wildman–Crippen LogP) is 1.30. The standard InChI is InChI=1S/C18H22N2O5S/c1-20(2)26(22,23)12-13-6-5-7-14(10-13)19-18(21)17-11-24-15-8-3-4-9-16(15)25-17/h3-10,15-17H,11-12H2,1-2H3,(H,19,21)/t15-,16+,17+/m1/s1. The van der Waals surface area contributed by atoms with Crippen LogP contribution in [0.1, 0.15) is 5.56 Å². The number of sulfonamides is 1. The topological polar surface area (TPSA) is 84.9 Å². The summed E-state index contributed by atoms with van der Waals surface area (Å²) in [6.07, 6.45) is 6.34. The summed E-state index contributed by atoms with van der Waals surface area (Å²) < 4.78 is 36.6. The molecule has 1 aliphatic heterocycles. The van der Waals surface area contributed by atoms with Crippen molar-refractivity contribution in [1.82, 2.24) is 4.31 Å². The molecule has 26 heavy (non-hydrogen) atoms. The van der Waals surface area contributed by atoms with Gasteiger partial charge in [0.2, 0.25) is 10.0 Å². The van der Waals surface area contributed by atoms with Gasteiger partial charge in [0, 0.05) is 19.8 Å². The van der Waals surface area contributed by atoms with Gasteiger partial charge >= 0.3 is 0 Å². The summed E-state index contributed by atoms with van der Waals surface area (Å²) in [5, 5.41) is 2.77. The molecule has 1 aromatic carbocycles. The third-order valence-corrected chi connectivity index (χ3v) is 6.00. The Morgan fingerprint density at radius 2 is 1.96 bits per heavy atom. The van der Waals surface area contributed by atoms with Crippen molar-refractivity contribution in [2.75, 3.05) is 26.0 Å². The summed E-state index contributed by atoms with van der Waals surface area (Å²) >= 11 is 0. The van der Waals surface area contributed by atoms with E-state index in [9.17, 15) is 13.2 Å². The molecule has 0 saturated carbocycles. The second kappa shape index (κ2) is 7.71. The van der Waals surface area contributed by atoms with Crippen molar-refractivity contribution in [3.63, 3.8) is 0 Å². The molecule has 0 bridgehead atoms. The van der Waals surface area contributed by atoms with E-state index >= 15 is 0 Å². The lowest BCUT2D eigenvalue weighted by Gasteiger charge is -2.34. The Bertz CT molecular complexity index is 832. The molecular formula is C18H22N2O5S. The fourth-order valence-corrected chi connectivity index (χ4v) is 3.56. The predicted molar refractivity (Wildman–Crippen MR) is 98.1 cm³/mol. The third kappa shape index (κ3) is 4.39. The van der Waals surface area contributed by atoms with E-state index in [1.165, 1.54) is 18.4 Å². The van der Waals surface area contributed by atoms with Crippen molar-refractivity contribution in [3.05, 3.63) is 54.1 Å². The number of carbonyl (C=O) groups is 1. The fourth-order valence-electron chi connectivity index (χ4n) is 2.71. The van der Waals surface area contributed by atoms with Gasteiger partial charge in [0.15, 0.2) is 6.10 Å². The molecule has 0 spiro atoms. The van der Waals surface area contributed by atoms with Crippen LogP contribution in [-0.4, -0.2) is 57.6 Å². The molecule has 1 saturated heterocycles. The fraction of sp³-hybridized carbons (Fsp3) is 0.389. The maximum absolute atomic E-state index is 12.5. The molecule has 3 atom stereocenters. The molecule has 7 nitrogen and oxygen atoms in total. The van der Waals surface area contributed by atoms with Crippen LogP contribution in [0.5, 0.6) is 0 Å². The molecular weight excluding hydrogens is 356 g/mol. The van der Waals surface area contributed by atoms with Crippen molar-refractivity contribution < 1.29 is 22.7 Å². The zero-order chi connectivity index (χ0) is 18.7. The Balaban J connectivity index is 1.64. The van der Waals surface area contributed by atoms with Crippen LogP contribution in [0.3, 0.4) is 0 Å². The number of amides is 1. The van der Waals surface area contributed by atoms with Crippen molar-refractivity contribution in [1.29, 1.82) is 0 Å². The number of ether oxygens (including phenoxy) is 2. The van der Waals surface area contributed by atoms with Crippen LogP contribution in [0.25, 0.3) is 0 Å². The van der Waals surface area contributed by atoms with Crippen LogP contribution in [0.2, 0.25) is 0 Å². The van der Waals surface area contributed by atoms with Crippen LogP contribution < -0.4 is 5.32 Å². The maximum atomic E-state index is 12.5. The van der Waals surface area contributed by atoms with E-state index in [2.05, 4.69) is 5.32 Å². The Kier molecular flexibility index (Phi) is 5.57. The zero-order valence-electron chi connectivity index (χ0n) is 14.7. The highest BCUT2D eigenvalue weighted by Crippen LogP contribution is 2.21. The van der Waals surface area contributed by atoms with Gasteiger partial charge in [-0.15, -0.1) is 0 Å². The number of benzene rings is 1. The lowest BCUT2D eigenvalue weighted by molar-refractivity contribution is -0.164. The average molecular weight is 378 g/mol. The highest BCUT2D eigenvalue weighted by Gasteiger charge is 2.33. The molecule has 1 fully saturated rings. The Labute approximate surface area is 153 Å². The summed E-state index contributed by atoms with van der Waals surface area (Å²) in [5.41, 5.74) is 1.11. The second-order valence-corrected chi connectivity index (χ2v) is 8.57. The summed E-state index contributed by atoms with van der Waals surface area (Å²) in [6, 6.07) is 6.77. The first-order valence-electron chi connectivity index (χ1n) is 8.27. The van der Waals surface area contributed by atoms with Gasteiger partial charge in [0.05, 0.1) is 12.4 Å². The zero-order valence-corrected chi connectivity index (χ0v) is 15.5. The smallest absolute Gasteiger partial charge is 0.255 e. The summed E-state index contributed by atoms with van der Waals surface area (Å²) in [7, 11) is -0.389. The first-order valence-corrected chi connectivity index (χ1v) is 9.88. The van der Waals surface area contributed by atoms with Gasteiger partial charge in [-0.3, -0.25) is 4.79 Å². The molecule has 1 N–H and O–H groups in total. The van der Waals surface area contributed by atoms with Crippen LogP contribution in [0, 0.1) is 0 Å². The van der Waals surface area contributed by atoms with Crippen LogP contribution in [0.15, 0.2) is 48.6 Å². The molecule has 1 heterocycles. The van der Waals surface area contributed by atoms with Crippen molar-refractivity contribution in [2.45, 2.75) is 24.1 Å². The van der Waals surface area contributed by atoms with E-state index in [0.29, 0.717) is 11.3 Å². The first kappa shape index (κ1) is 18.8. The normalized spacial score (nSPS) is 25.1. The lowest BCUT2D eigenvalue weighted by atomic mass is 10.1. The molecule has 0 unspecified atom stereocenters. The number of hydrogen-bond acceptors (Lipinski definition) is 5. The van der Waals surface area contributed by atoms with Gasteiger partial charge in [-0.05, 0) is 17.7 Å². The highest BCUT2D eigenvalue weighted by atomic mass is 32.2. The van der Waals surface area contributed by atoms with E-state index < -0.39 is 16.1 Å². The molecule has 140 valence electrons. The quantitative estimate of drug-likeness (QED) is 0.835.